The first-order valence-corrected chi connectivity index (χ1v) is 8.85. The van der Waals surface area contributed by atoms with Crippen LogP contribution in [0.3, 0.4) is 0 Å². The van der Waals surface area contributed by atoms with Gasteiger partial charge in [0.05, 0.1) is 11.6 Å². The number of hydrogen-bond acceptors (Lipinski definition) is 4. The second-order valence-electron chi connectivity index (χ2n) is 5.83. The lowest BCUT2D eigenvalue weighted by Crippen LogP contribution is -2.26. The van der Waals surface area contributed by atoms with Crippen LogP contribution >= 0.6 is 23.2 Å². The van der Waals surface area contributed by atoms with Crippen molar-refractivity contribution < 1.29 is 9.32 Å². The Kier molecular flexibility index (Phi) is 5.91. The van der Waals surface area contributed by atoms with Crippen LogP contribution in [0.5, 0.6) is 0 Å². The maximum absolute atomic E-state index is 12.3. The predicted octanol–water partition coefficient (Wildman–Crippen LogP) is 4.63. The van der Waals surface area contributed by atoms with Crippen LogP contribution in [-0.4, -0.2) is 28.0 Å². The smallest absolute Gasteiger partial charge is 0.246 e. The molecule has 0 aliphatic carbocycles. The van der Waals surface area contributed by atoms with E-state index in [1.165, 1.54) is 0 Å². The van der Waals surface area contributed by atoms with E-state index in [0.29, 0.717) is 40.2 Å². The van der Waals surface area contributed by atoms with E-state index in [4.69, 9.17) is 27.7 Å². The molecule has 0 saturated heterocycles. The van der Waals surface area contributed by atoms with Crippen molar-refractivity contribution in [1.29, 1.82) is 0 Å². The highest BCUT2D eigenvalue weighted by Crippen LogP contribution is 2.25. The molecule has 0 unspecified atom stereocenters. The molecular weight excluding hydrogens is 373 g/mol. The molecule has 0 atom stereocenters. The minimum absolute atomic E-state index is 0.0255. The Morgan fingerprint density at radius 2 is 1.77 bits per heavy atom. The molecule has 1 heterocycles. The van der Waals surface area contributed by atoms with E-state index in [2.05, 4.69) is 10.1 Å². The molecule has 3 aromatic rings. The van der Waals surface area contributed by atoms with Crippen molar-refractivity contribution in [3.8, 4) is 11.4 Å². The third-order valence-corrected chi connectivity index (χ3v) is 4.65. The van der Waals surface area contributed by atoms with Crippen LogP contribution in [0.25, 0.3) is 11.4 Å². The van der Waals surface area contributed by atoms with E-state index in [9.17, 15) is 4.79 Å². The minimum Gasteiger partial charge on any atom is -0.337 e. The van der Waals surface area contributed by atoms with Gasteiger partial charge in [-0.15, -0.1) is 0 Å². The first-order chi connectivity index (χ1) is 12.5. The summed E-state index contributed by atoms with van der Waals surface area (Å²) in [7, 11) is 1.70. The molecule has 0 spiro atoms. The van der Waals surface area contributed by atoms with Gasteiger partial charge in [0, 0.05) is 24.1 Å². The average Bonchev–Trinajstić information content (AvgIpc) is 3.09. The topological polar surface area (TPSA) is 59.2 Å². The van der Waals surface area contributed by atoms with Gasteiger partial charge in [-0.25, -0.2) is 0 Å². The second kappa shape index (κ2) is 8.34. The van der Waals surface area contributed by atoms with Crippen LogP contribution < -0.4 is 0 Å². The molecule has 7 heteroatoms. The molecule has 0 aliphatic rings. The molecule has 5 nitrogen and oxygen atoms in total. The Bertz CT molecular complexity index is 911. The standard InChI is InChI=1S/C19H17Cl2N3O2/c1-24(18(25)11-10-13-6-2-4-8-15(13)20)12-17-22-19(23-26-17)14-7-3-5-9-16(14)21/h2-9H,10-12H2,1H3. The fraction of sp³-hybridized carbons (Fsp3) is 0.211. The Morgan fingerprint density at radius 3 is 2.50 bits per heavy atom. The highest BCUT2D eigenvalue weighted by atomic mass is 35.5. The molecule has 3 rings (SSSR count). The number of carbonyl (C=O) groups excluding carboxylic acids is 1. The summed E-state index contributed by atoms with van der Waals surface area (Å²) >= 11 is 12.3. The van der Waals surface area contributed by atoms with Crippen molar-refractivity contribution in [1.82, 2.24) is 15.0 Å². The first kappa shape index (κ1) is 18.4. The van der Waals surface area contributed by atoms with Gasteiger partial charge in [0.2, 0.25) is 17.6 Å². The number of benzene rings is 2. The molecule has 0 N–H and O–H groups in total. The second-order valence-corrected chi connectivity index (χ2v) is 6.65. The van der Waals surface area contributed by atoms with Crippen LogP contribution in [0.15, 0.2) is 53.1 Å². The van der Waals surface area contributed by atoms with Gasteiger partial charge in [-0.1, -0.05) is 58.7 Å². The van der Waals surface area contributed by atoms with Crippen LogP contribution in [0.4, 0.5) is 0 Å². The van der Waals surface area contributed by atoms with Crippen LogP contribution in [0.2, 0.25) is 10.0 Å². The van der Waals surface area contributed by atoms with Gasteiger partial charge in [-0.3, -0.25) is 4.79 Å². The quantitative estimate of drug-likeness (QED) is 0.616. The Hall–Kier alpha value is -2.37. The summed E-state index contributed by atoms with van der Waals surface area (Å²) in [5, 5.41) is 5.15. The molecule has 0 aliphatic heterocycles. The van der Waals surface area contributed by atoms with E-state index < -0.39 is 0 Å². The van der Waals surface area contributed by atoms with Crippen molar-refractivity contribution in [2.24, 2.45) is 0 Å². The van der Waals surface area contributed by atoms with Crippen LogP contribution in [0.1, 0.15) is 17.9 Å². The molecule has 0 radical (unpaired) electrons. The predicted molar refractivity (Wildman–Crippen MR) is 101 cm³/mol. The fourth-order valence-corrected chi connectivity index (χ4v) is 2.95. The molecule has 134 valence electrons. The van der Waals surface area contributed by atoms with Crippen molar-refractivity contribution in [2.45, 2.75) is 19.4 Å². The largest absolute Gasteiger partial charge is 0.337 e. The Morgan fingerprint density at radius 1 is 1.08 bits per heavy atom. The van der Waals surface area contributed by atoms with Crippen LogP contribution in [0, 0.1) is 0 Å². The van der Waals surface area contributed by atoms with E-state index in [-0.39, 0.29) is 12.5 Å². The van der Waals surface area contributed by atoms with E-state index in [1.54, 1.807) is 18.0 Å². The normalized spacial score (nSPS) is 10.7. The SMILES string of the molecule is CN(Cc1nc(-c2ccccc2Cl)no1)C(=O)CCc1ccccc1Cl. The highest BCUT2D eigenvalue weighted by molar-refractivity contribution is 6.33. The Balaban J connectivity index is 1.59. The van der Waals surface area contributed by atoms with E-state index >= 15 is 0 Å². The van der Waals surface area contributed by atoms with Gasteiger partial charge in [0.15, 0.2) is 0 Å². The zero-order valence-electron chi connectivity index (χ0n) is 14.2. The Labute approximate surface area is 161 Å². The number of aryl methyl sites for hydroxylation is 1. The number of hydrogen-bond donors (Lipinski definition) is 0. The summed E-state index contributed by atoms with van der Waals surface area (Å²) < 4.78 is 5.24. The third kappa shape index (κ3) is 4.42. The molecule has 1 aromatic heterocycles. The lowest BCUT2D eigenvalue weighted by Gasteiger charge is -2.14. The van der Waals surface area contributed by atoms with Crippen molar-refractivity contribution in [3.05, 3.63) is 70.0 Å². The zero-order chi connectivity index (χ0) is 18.5. The van der Waals surface area contributed by atoms with Crippen molar-refractivity contribution in [2.75, 3.05) is 7.05 Å². The summed E-state index contributed by atoms with van der Waals surface area (Å²) in [4.78, 5) is 18.2. The third-order valence-electron chi connectivity index (χ3n) is 3.95. The minimum atomic E-state index is -0.0255. The van der Waals surface area contributed by atoms with Crippen molar-refractivity contribution >= 4 is 29.1 Å². The fourth-order valence-electron chi connectivity index (χ4n) is 2.50. The van der Waals surface area contributed by atoms with Crippen molar-refractivity contribution in [3.63, 3.8) is 0 Å². The number of rotatable bonds is 6. The summed E-state index contributed by atoms with van der Waals surface area (Å²) in [6.07, 6.45) is 0.934. The van der Waals surface area contributed by atoms with Gasteiger partial charge in [0.1, 0.15) is 0 Å². The van der Waals surface area contributed by atoms with Gasteiger partial charge >= 0.3 is 0 Å². The number of amides is 1. The maximum atomic E-state index is 12.3. The molecule has 0 saturated carbocycles. The molecular formula is C19H17Cl2N3O2. The lowest BCUT2D eigenvalue weighted by atomic mass is 10.1. The molecule has 0 fully saturated rings. The van der Waals surface area contributed by atoms with Gasteiger partial charge in [0.25, 0.3) is 0 Å². The monoisotopic (exact) mass is 389 g/mol. The maximum Gasteiger partial charge on any atom is 0.246 e. The van der Waals surface area contributed by atoms with E-state index in [1.807, 2.05) is 42.5 Å². The molecule has 1 amide bonds. The average molecular weight is 390 g/mol. The summed E-state index contributed by atoms with van der Waals surface area (Å²) in [5.74, 6) is 0.735. The zero-order valence-corrected chi connectivity index (χ0v) is 15.7. The summed E-state index contributed by atoms with van der Waals surface area (Å²) in [6, 6.07) is 14.8. The molecule has 0 bridgehead atoms. The van der Waals surface area contributed by atoms with Crippen LogP contribution in [-0.2, 0) is 17.8 Å². The summed E-state index contributed by atoms with van der Waals surface area (Å²) in [5.41, 5.74) is 1.64. The number of carbonyl (C=O) groups is 1. The number of nitrogens with zero attached hydrogens (tertiary/aromatic N) is 3. The first-order valence-electron chi connectivity index (χ1n) is 8.09. The molecule has 26 heavy (non-hydrogen) atoms. The highest BCUT2D eigenvalue weighted by Gasteiger charge is 2.16. The molecule has 2 aromatic carbocycles. The lowest BCUT2D eigenvalue weighted by molar-refractivity contribution is -0.130. The number of halogens is 2. The van der Waals surface area contributed by atoms with Gasteiger partial charge < -0.3 is 9.42 Å². The van der Waals surface area contributed by atoms with Gasteiger partial charge in [-0.05, 0) is 30.2 Å². The van der Waals surface area contributed by atoms with Gasteiger partial charge in [-0.2, -0.15) is 4.98 Å². The summed E-state index contributed by atoms with van der Waals surface area (Å²) in [6.45, 7) is 0.235. The number of aromatic nitrogens is 2. The van der Waals surface area contributed by atoms with E-state index in [0.717, 1.165) is 5.56 Å².